The fourth-order valence-corrected chi connectivity index (χ4v) is 2.39. The average Bonchev–Trinajstić information content (AvgIpc) is 2.22. The highest BCUT2D eigenvalue weighted by Crippen LogP contribution is 2.23. The van der Waals surface area contributed by atoms with Gasteiger partial charge in [0.05, 0.1) is 18.8 Å². The van der Waals surface area contributed by atoms with E-state index >= 15 is 0 Å². The quantitative estimate of drug-likeness (QED) is 0.787. The van der Waals surface area contributed by atoms with Crippen LogP contribution in [-0.4, -0.2) is 52.6 Å². The molecule has 5 nitrogen and oxygen atoms in total. The number of amides is 1. The van der Waals surface area contributed by atoms with E-state index in [4.69, 9.17) is 4.74 Å². The fourth-order valence-electron chi connectivity index (χ4n) is 2.39. The van der Waals surface area contributed by atoms with Gasteiger partial charge in [0.25, 0.3) is 0 Å². The Hall–Kier alpha value is -1.59. The molecule has 0 atom stereocenters. The number of hydrazone groups is 1. The molecule has 2 aliphatic rings. The predicted octanol–water partition coefficient (Wildman–Crippen LogP) is 2.93. The Morgan fingerprint density at radius 2 is 2.00 bits per heavy atom. The minimum absolute atomic E-state index is 0.215. The average molecular weight is 297 g/mol. The summed E-state index contributed by atoms with van der Waals surface area (Å²) in [6.45, 7) is 9.76. The molecule has 0 unspecified atom stereocenters. The van der Waals surface area contributed by atoms with Gasteiger partial charge in [0.1, 0.15) is 11.3 Å². The first-order valence-electron chi connectivity index (χ1n) is 7.21. The number of hydrogen-bond donors (Lipinski definition) is 0. The van der Waals surface area contributed by atoms with Crippen molar-refractivity contribution in [1.29, 1.82) is 0 Å². The van der Waals surface area contributed by atoms with Gasteiger partial charge < -0.3 is 4.74 Å². The monoisotopic (exact) mass is 297 g/mol. The van der Waals surface area contributed by atoms with Crippen LogP contribution in [0.25, 0.3) is 0 Å². The zero-order valence-electron chi connectivity index (χ0n) is 13.4. The van der Waals surface area contributed by atoms with Crippen LogP contribution in [0.4, 0.5) is 9.18 Å². The van der Waals surface area contributed by atoms with E-state index in [1.54, 1.807) is 9.91 Å². The molecule has 0 radical (unpaired) electrons. The highest BCUT2D eigenvalue weighted by atomic mass is 19.1. The molecule has 2 bridgehead atoms. The summed E-state index contributed by atoms with van der Waals surface area (Å²) < 4.78 is 19.1. The van der Waals surface area contributed by atoms with E-state index in [1.165, 1.54) is 13.8 Å². The fraction of sp³-hybridized carbons (Fsp3) is 0.733. The Morgan fingerprint density at radius 3 is 2.52 bits per heavy atom. The molecule has 0 aromatic rings. The third-order valence-corrected chi connectivity index (χ3v) is 2.99. The normalized spacial score (nSPS) is 19.1. The van der Waals surface area contributed by atoms with Crippen molar-refractivity contribution >= 4 is 11.8 Å². The first-order valence-corrected chi connectivity index (χ1v) is 7.21. The molecule has 2 aliphatic heterocycles. The summed E-state index contributed by atoms with van der Waals surface area (Å²) in [5.74, 6) is 0. The van der Waals surface area contributed by atoms with E-state index in [9.17, 15) is 9.18 Å². The standard InChI is InChI=1S/C15H24FN3O2/c1-14(2,3)21-13(20)18-7-11-6-12(9-18)17-19(8-11)10-15(4,5)16/h8H,6-7,9-10H2,1-5H3. The summed E-state index contributed by atoms with van der Waals surface area (Å²) in [7, 11) is 0. The molecule has 1 saturated heterocycles. The molecule has 0 spiro atoms. The molecule has 0 aromatic carbocycles. The molecule has 21 heavy (non-hydrogen) atoms. The van der Waals surface area contributed by atoms with E-state index in [-0.39, 0.29) is 12.6 Å². The number of likely N-dealkylation sites (tertiary alicyclic amines) is 1. The highest BCUT2D eigenvalue weighted by Gasteiger charge is 2.31. The zero-order valence-corrected chi connectivity index (χ0v) is 13.4. The van der Waals surface area contributed by atoms with Crippen LogP contribution in [0.1, 0.15) is 41.0 Å². The number of hydrogen-bond acceptors (Lipinski definition) is 4. The molecule has 1 fully saturated rings. The number of fused-ring (bicyclic) bond motifs is 2. The number of ether oxygens (including phenoxy) is 1. The van der Waals surface area contributed by atoms with Crippen LogP contribution in [0.2, 0.25) is 0 Å². The van der Waals surface area contributed by atoms with E-state index in [0.29, 0.717) is 13.1 Å². The summed E-state index contributed by atoms with van der Waals surface area (Å²) in [4.78, 5) is 13.7. The largest absolute Gasteiger partial charge is 0.444 e. The van der Waals surface area contributed by atoms with Crippen molar-refractivity contribution in [3.05, 3.63) is 11.8 Å². The third-order valence-electron chi connectivity index (χ3n) is 2.99. The lowest BCUT2D eigenvalue weighted by Gasteiger charge is -2.36. The van der Waals surface area contributed by atoms with Crippen LogP contribution in [0.3, 0.4) is 0 Å². The Kier molecular flexibility index (Phi) is 4.00. The number of alkyl halides is 1. The van der Waals surface area contributed by atoms with Gasteiger partial charge >= 0.3 is 6.09 Å². The number of carbonyl (C=O) groups is 1. The van der Waals surface area contributed by atoms with Crippen molar-refractivity contribution in [2.75, 3.05) is 19.6 Å². The predicted molar refractivity (Wildman–Crippen MR) is 79.8 cm³/mol. The number of piperidine rings is 1. The van der Waals surface area contributed by atoms with Crippen molar-refractivity contribution in [3.63, 3.8) is 0 Å². The van der Waals surface area contributed by atoms with Crippen LogP contribution in [0.5, 0.6) is 0 Å². The zero-order chi connectivity index (χ0) is 15.8. The van der Waals surface area contributed by atoms with Gasteiger partial charge in [-0.25, -0.2) is 9.18 Å². The van der Waals surface area contributed by atoms with Gasteiger partial charge in [0.15, 0.2) is 0 Å². The van der Waals surface area contributed by atoms with Crippen LogP contribution >= 0.6 is 0 Å². The van der Waals surface area contributed by atoms with E-state index in [0.717, 1.165) is 17.7 Å². The van der Waals surface area contributed by atoms with Crippen LogP contribution in [0.15, 0.2) is 16.9 Å². The second-order valence-electron chi connectivity index (χ2n) is 7.28. The van der Waals surface area contributed by atoms with Crippen molar-refractivity contribution < 1.29 is 13.9 Å². The van der Waals surface area contributed by atoms with Crippen LogP contribution in [0, 0.1) is 0 Å². The van der Waals surface area contributed by atoms with Gasteiger partial charge in [-0.15, -0.1) is 0 Å². The van der Waals surface area contributed by atoms with Gasteiger partial charge in [-0.3, -0.25) is 9.91 Å². The Labute approximate surface area is 125 Å². The SMILES string of the molecule is CC(C)(F)CN1C=C2CC(=N1)CN(C(=O)OC(C)(C)C)C2. The lowest BCUT2D eigenvalue weighted by Crippen LogP contribution is -2.46. The summed E-state index contributed by atoms with van der Waals surface area (Å²) in [5, 5.41) is 6.04. The number of carbonyl (C=O) groups excluding carboxylic acids is 1. The van der Waals surface area contributed by atoms with Crippen molar-refractivity contribution in [2.24, 2.45) is 5.10 Å². The van der Waals surface area contributed by atoms with Gasteiger partial charge in [0.2, 0.25) is 0 Å². The molecular formula is C15H24FN3O2. The second-order valence-corrected chi connectivity index (χ2v) is 7.28. The number of nitrogens with zero attached hydrogens (tertiary/aromatic N) is 3. The molecule has 0 N–H and O–H groups in total. The topological polar surface area (TPSA) is 45.1 Å². The second kappa shape index (κ2) is 5.31. The summed E-state index contributed by atoms with van der Waals surface area (Å²) in [6, 6.07) is 0. The molecule has 2 heterocycles. The molecule has 0 aromatic heterocycles. The van der Waals surface area contributed by atoms with E-state index < -0.39 is 11.3 Å². The smallest absolute Gasteiger partial charge is 0.410 e. The molecular weight excluding hydrogens is 273 g/mol. The first-order chi connectivity index (χ1) is 9.52. The molecule has 0 saturated carbocycles. The maximum Gasteiger partial charge on any atom is 0.410 e. The van der Waals surface area contributed by atoms with Gasteiger partial charge in [-0.2, -0.15) is 5.10 Å². The Balaban J connectivity index is 2.03. The Morgan fingerprint density at radius 1 is 1.33 bits per heavy atom. The van der Waals surface area contributed by atoms with Crippen LogP contribution in [-0.2, 0) is 4.74 Å². The summed E-state index contributed by atoms with van der Waals surface area (Å²) >= 11 is 0. The van der Waals surface area contributed by atoms with Crippen molar-refractivity contribution in [3.8, 4) is 0 Å². The van der Waals surface area contributed by atoms with E-state index in [1.807, 2.05) is 27.0 Å². The Bertz CT molecular complexity index is 464. The molecule has 0 aliphatic carbocycles. The molecule has 2 rings (SSSR count). The highest BCUT2D eigenvalue weighted by molar-refractivity contribution is 5.92. The van der Waals surface area contributed by atoms with E-state index in [2.05, 4.69) is 5.10 Å². The van der Waals surface area contributed by atoms with Gasteiger partial charge in [-0.05, 0) is 40.2 Å². The minimum atomic E-state index is -1.31. The van der Waals surface area contributed by atoms with Gasteiger partial charge in [-0.1, -0.05) is 0 Å². The van der Waals surface area contributed by atoms with Crippen LogP contribution < -0.4 is 0 Å². The first kappa shape index (κ1) is 15.8. The molecule has 6 heteroatoms. The van der Waals surface area contributed by atoms with Crippen molar-refractivity contribution in [2.45, 2.75) is 52.3 Å². The van der Waals surface area contributed by atoms with Crippen molar-refractivity contribution in [1.82, 2.24) is 9.91 Å². The molecule has 1 amide bonds. The lowest BCUT2D eigenvalue weighted by atomic mass is 10.0. The third kappa shape index (κ3) is 4.72. The maximum atomic E-state index is 13.7. The number of rotatable bonds is 2. The lowest BCUT2D eigenvalue weighted by molar-refractivity contribution is 0.0282. The number of halogens is 1. The van der Waals surface area contributed by atoms with Gasteiger partial charge in [0, 0.05) is 19.2 Å². The molecule has 118 valence electrons. The summed E-state index contributed by atoms with van der Waals surface area (Å²) in [6.07, 6.45) is 2.25. The minimum Gasteiger partial charge on any atom is -0.444 e. The maximum absolute atomic E-state index is 13.7. The summed E-state index contributed by atoms with van der Waals surface area (Å²) in [5.41, 5.74) is 0.108.